The zero-order valence-corrected chi connectivity index (χ0v) is 11.2. The summed E-state index contributed by atoms with van der Waals surface area (Å²) in [6.07, 6.45) is 1.33. The molecule has 0 N–H and O–H groups in total. The smallest absolute Gasteiger partial charge is 0.261 e. The van der Waals surface area contributed by atoms with Crippen molar-refractivity contribution in [2.45, 2.75) is 6.92 Å². The van der Waals surface area contributed by atoms with Gasteiger partial charge in [-0.05, 0) is 35.6 Å². The molecule has 1 unspecified atom stereocenters. The molecule has 0 saturated carbocycles. The van der Waals surface area contributed by atoms with Crippen molar-refractivity contribution in [3.63, 3.8) is 0 Å². The molecule has 0 spiro atoms. The van der Waals surface area contributed by atoms with Gasteiger partial charge in [0.15, 0.2) is 0 Å². The van der Waals surface area contributed by atoms with Crippen LogP contribution in [0.5, 0.6) is 5.75 Å². The summed E-state index contributed by atoms with van der Waals surface area (Å²) in [5, 5.41) is 2.79. The third-order valence-electron chi connectivity index (χ3n) is 2.98. The first-order chi connectivity index (χ1) is 9.29. The predicted octanol–water partition coefficient (Wildman–Crippen LogP) is 2.76. The number of amides is 1. The van der Waals surface area contributed by atoms with Gasteiger partial charge in [0.25, 0.3) is 5.91 Å². The number of thioether (sulfide) groups is 1. The Kier molecular flexibility index (Phi) is 3.21. The van der Waals surface area contributed by atoms with E-state index in [1.54, 1.807) is 0 Å². The SMILES string of the molecule is CCOc1ccc(C2=CSC3=NC=NC(=O)C23)cc1. The van der Waals surface area contributed by atoms with Gasteiger partial charge in [-0.2, -0.15) is 0 Å². The van der Waals surface area contributed by atoms with Crippen molar-refractivity contribution in [3.05, 3.63) is 35.2 Å². The highest BCUT2D eigenvalue weighted by molar-refractivity contribution is 8.17. The molecular formula is C14H12N2O2S. The first-order valence-corrected chi connectivity index (χ1v) is 6.91. The van der Waals surface area contributed by atoms with Crippen LogP contribution >= 0.6 is 11.8 Å². The van der Waals surface area contributed by atoms with Gasteiger partial charge < -0.3 is 4.74 Å². The number of benzene rings is 1. The predicted molar refractivity (Wildman–Crippen MR) is 77.6 cm³/mol. The minimum atomic E-state index is -0.326. The van der Waals surface area contributed by atoms with Crippen LogP contribution in [0.1, 0.15) is 12.5 Å². The van der Waals surface area contributed by atoms with Crippen LogP contribution in [0.4, 0.5) is 0 Å². The minimum absolute atomic E-state index is 0.143. The number of ether oxygens (including phenoxy) is 1. The summed E-state index contributed by atoms with van der Waals surface area (Å²) in [4.78, 5) is 19.8. The number of fused-ring (bicyclic) bond motifs is 1. The molecule has 1 atom stereocenters. The monoisotopic (exact) mass is 272 g/mol. The molecule has 1 aromatic carbocycles. The standard InChI is InChI=1S/C14H12N2O2S/c1-2-18-10-5-3-9(4-6-10)11-7-19-14-12(11)13(17)15-8-16-14/h3-8,12H,2H2,1H3. The molecular weight excluding hydrogens is 260 g/mol. The molecule has 96 valence electrons. The van der Waals surface area contributed by atoms with Crippen LogP contribution in [0, 0.1) is 5.92 Å². The first-order valence-electron chi connectivity index (χ1n) is 6.03. The number of aliphatic imine (C=N–C) groups is 2. The maximum Gasteiger partial charge on any atom is 0.261 e. The Morgan fingerprint density at radius 3 is 2.84 bits per heavy atom. The van der Waals surface area contributed by atoms with E-state index in [2.05, 4.69) is 9.98 Å². The van der Waals surface area contributed by atoms with Crippen molar-refractivity contribution >= 4 is 34.6 Å². The van der Waals surface area contributed by atoms with Crippen LogP contribution in [0.3, 0.4) is 0 Å². The molecule has 1 amide bonds. The zero-order valence-electron chi connectivity index (χ0n) is 10.4. The summed E-state index contributed by atoms with van der Waals surface area (Å²) in [6, 6.07) is 7.75. The fourth-order valence-corrected chi connectivity index (χ4v) is 3.09. The summed E-state index contributed by atoms with van der Waals surface area (Å²) in [5.41, 5.74) is 1.98. The largest absolute Gasteiger partial charge is 0.494 e. The molecule has 0 aliphatic carbocycles. The third-order valence-corrected chi connectivity index (χ3v) is 3.93. The lowest BCUT2D eigenvalue weighted by Crippen LogP contribution is -2.21. The molecule has 2 aliphatic heterocycles. The molecule has 1 aromatic rings. The summed E-state index contributed by atoms with van der Waals surface area (Å²) >= 11 is 1.49. The van der Waals surface area contributed by atoms with Crippen molar-refractivity contribution in [1.82, 2.24) is 0 Å². The van der Waals surface area contributed by atoms with Crippen LogP contribution in [0.15, 0.2) is 39.7 Å². The fraction of sp³-hybridized carbons (Fsp3) is 0.214. The lowest BCUT2D eigenvalue weighted by atomic mass is 9.94. The first kappa shape index (κ1) is 12.2. The normalized spacial score (nSPS) is 20.9. The zero-order chi connectivity index (χ0) is 13.2. The van der Waals surface area contributed by atoms with Crippen molar-refractivity contribution < 1.29 is 9.53 Å². The highest BCUT2D eigenvalue weighted by Gasteiger charge is 2.35. The Labute approximate surface area is 115 Å². The quantitative estimate of drug-likeness (QED) is 0.850. The van der Waals surface area contributed by atoms with Crippen LogP contribution in [0.2, 0.25) is 0 Å². The molecule has 0 radical (unpaired) electrons. The Morgan fingerprint density at radius 2 is 2.11 bits per heavy atom. The highest BCUT2D eigenvalue weighted by Crippen LogP contribution is 2.39. The van der Waals surface area contributed by atoms with Gasteiger partial charge in [-0.15, -0.1) is 0 Å². The van der Waals surface area contributed by atoms with Gasteiger partial charge in [0.1, 0.15) is 18.0 Å². The van der Waals surface area contributed by atoms with Crippen LogP contribution in [-0.2, 0) is 4.79 Å². The van der Waals surface area contributed by atoms with E-state index in [9.17, 15) is 4.79 Å². The van der Waals surface area contributed by atoms with E-state index in [-0.39, 0.29) is 11.8 Å². The molecule has 0 fully saturated rings. The van der Waals surface area contributed by atoms with E-state index in [1.807, 2.05) is 36.6 Å². The van der Waals surface area contributed by atoms with Crippen molar-refractivity contribution in [2.24, 2.45) is 15.9 Å². The Morgan fingerprint density at radius 1 is 1.32 bits per heavy atom. The average molecular weight is 272 g/mol. The third kappa shape index (κ3) is 2.21. The van der Waals surface area contributed by atoms with E-state index in [1.165, 1.54) is 18.1 Å². The van der Waals surface area contributed by atoms with Gasteiger partial charge in [-0.3, -0.25) is 4.79 Å². The van der Waals surface area contributed by atoms with Crippen molar-refractivity contribution in [2.75, 3.05) is 6.61 Å². The summed E-state index contributed by atoms with van der Waals surface area (Å²) in [6.45, 7) is 2.59. The molecule has 0 aromatic heterocycles. The summed E-state index contributed by atoms with van der Waals surface area (Å²) in [5.74, 6) is 0.363. The molecule has 5 heteroatoms. The molecule has 0 saturated heterocycles. The van der Waals surface area contributed by atoms with E-state index in [0.717, 1.165) is 21.9 Å². The Hall–Kier alpha value is -1.88. The van der Waals surface area contributed by atoms with Gasteiger partial charge in [-0.25, -0.2) is 9.98 Å². The molecule has 19 heavy (non-hydrogen) atoms. The summed E-state index contributed by atoms with van der Waals surface area (Å²) < 4.78 is 5.41. The van der Waals surface area contributed by atoms with Crippen molar-refractivity contribution in [1.29, 1.82) is 0 Å². The van der Waals surface area contributed by atoms with E-state index in [0.29, 0.717) is 6.61 Å². The maximum atomic E-state index is 11.9. The number of hydrogen-bond acceptors (Lipinski definition) is 4. The second kappa shape index (κ2) is 5.01. The molecule has 2 aliphatic rings. The summed E-state index contributed by atoms with van der Waals surface area (Å²) in [7, 11) is 0. The van der Waals surface area contributed by atoms with E-state index in [4.69, 9.17) is 4.74 Å². The minimum Gasteiger partial charge on any atom is -0.494 e. The Balaban J connectivity index is 1.89. The topological polar surface area (TPSA) is 51.0 Å². The van der Waals surface area contributed by atoms with Gasteiger partial charge >= 0.3 is 0 Å². The highest BCUT2D eigenvalue weighted by atomic mass is 32.2. The van der Waals surface area contributed by atoms with E-state index < -0.39 is 0 Å². The van der Waals surface area contributed by atoms with Gasteiger partial charge in [-0.1, -0.05) is 23.9 Å². The number of carbonyl (C=O) groups excluding carboxylic acids is 1. The number of nitrogens with zero attached hydrogens (tertiary/aromatic N) is 2. The number of hydrogen-bond donors (Lipinski definition) is 0. The fourth-order valence-electron chi connectivity index (χ4n) is 2.10. The Bertz CT molecular complexity index is 602. The second-order valence-corrected chi connectivity index (χ2v) is 5.02. The number of rotatable bonds is 3. The lowest BCUT2D eigenvalue weighted by molar-refractivity contribution is -0.118. The van der Waals surface area contributed by atoms with Gasteiger partial charge in [0.2, 0.25) is 0 Å². The van der Waals surface area contributed by atoms with E-state index >= 15 is 0 Å². The lowest BCUT2D eigenvalue weighted by Gasteiger charge is -2.14. The van der Waals surface area contributed by atoms with Gasteiger partial charge in [0, 0.05) is 0 Å². The number of carbonyl (C=O) groups is 1. The van der Waals surface area contributed by atoms with Crippen LogP contribution in [-0.4, -0.2) is 23.9 Å². The molecule has 0 bridgehead atoms. The van der Waals surface area contributed by atoms with Crippen LogP contribution < -0.4 is 4.74 Å². The van der Waals surface area contributed by atoms with Crippen molar-refractivity contribution in [3.8, 4) is 5.75 Å². The second-order valence-electron chi connectivity index (χ2n) is 4.13. The van der Waals surface area contributed by atoms with Crippen LogP contribution in [0.25, 0.3) is 5.57 Å². The molecule has 2 heterocycles. The average Bonchev–Trinajstić information content (AvgIpc) is 2.85. The maximum absolute atomic E-state index is 11.9. The van der Waals surface area contributed by atoms with Gasteiger partial charge in [0.05, 0.1) is 11.7 Å². The molecule has 3 rings (SSSR count). The molecule has 4 nitrogen and oxygen atoms in total.